The van der Waals surface area contributed by atoms with Crippen LogP contribution in [0.1, 0.15) is 66.5 Å². The lowest BCUT2D eigenvalue weighted by Gasteiger charge is -2.23. The maximum atomic E-state index is 14.0. The predicted molar refractivity (Wildman–Crippen MR) is 159 cm³/mol. The molecule has 9 nitrogen and oxygen atoms in total. The third kappa shape index (κ3) is 5.83. The maximum Gasteiger partial charge on any atom is 0.277 e. The van der Waals surface area contributed by atoms with Crippen LogP contribution in [0.2, 0.25) is 0 Å². The Morgan fingerprint density at radius 3 is 2.43 bits per heavy atom. The normalized spacial score (nSPS) is 12.0. The molecular weight excluding hydrogens is 552 g/mol. The van der Waals surface area contributed by atoms with E-state index in [9.17, 15) is 28.4 Å². The van der Waals surface area contributed by atoms with E-state index >= 15 is 0 Å². The Morgan fingerprint density at radius 1 is 1.07 bits per heavy atom. The number of aryl methyl sites for hydroxylation is 1. The van der Waals surface area contributed by atoms with Crippen molar-refractivity contribution in [3.63, 3.8) is 0 Å². The number of carbonyl (C=O) groups is 1. The maximum absolute atomic E-state index is 14.0. The summed E-state index contributed by atoms with van der Waals surface area (Å²) in [4.78, 5) is 29.6. The minimum atomic E-state index is -4.50. The second kappa shape index (κ2) is 12.8. The van der Waals surface area contributed by atoms with Gasteiger partial charge in [-0.25, -0.2) is 8.42 Å². The van der Waals surface area contributed by atoms with Crippen molar-refractivity contribution in [2.24, 2.45) is 0 Å². The number of aromatic nitrogens is 2. The highest BCUT2D eigenvalue weighted by Gasteiger charge is 2.31. The Morgan fingerprint density at radius 2 is 1.79 bits per heavy atom. The molecule has 1 heterocycles. The SMILES string of the molecule is CCCCc1nc(O)c(S(=O)(=O)c2ccc(-c3ccccc3C(=O)NC)cc2)c(=O)n1C(CC)c1cccc(C#N)c1. The van der Waals surface area contributed by atoms with Gasteiger partial charge < -0.3 is 10.4 Å². The van der Waals surface area contributed by atoms with Crippen molar-refractivity contribution in [1.82, 2.24) is 14.9 Å². The zero-order valence-corrected chi connectivity index (χ0v) is 24.5. The van der Waals surface area contributed by atoms with Crippen LogP contribution in [0.15, 0.2) is 87.4 Å². The molecule has 1 atom stereocenters. The molecule has 10 heteroatoms. The van der Waals surface area contributed by atoms with Crippen LogP contribution in [0.3, 0.4) is 0 Å². The van der Waals surface area contributed by atoms with Gasteiger partial charge >= 0.3 is 0 Å². The number of rotatable bonds is 10. The lowest BCUT2D eigenvalue weighted by Crippen LogP contribution is -2.33. The lowest BCUT2D eigenvalue weighted by atomic mass is 9.99. The largest absolute Gasteiger partial charge is 0.492 e. The Kier molecular flexibility index (Phi) is 9.23. The monoisotopic (exact) mass is 584 g/mol. The molecule has 0 radical (unpaired) electrons. The number of benzene rings is 3. The lowest BCUT2D eigenvalue weighted by molar-refractivity contribution is 0.0963. The van der Waals surface area contributed by atoms with E-state index in [1.165, 1.54) is 23.7 Å². The molecule has 0 aliphatic rings. The van der Waals surface area contributed by atoms with E-state index in [0.717, 1.165) is 6.42 Å². The molecule has 3 aromatic carbocycles. The minimum absolute atomic E-state index is 0.203. The Labute approximate surface area is 245 Å². The fraction of sp³-hybridized carbons (Fsp3) is 0.250. The van der Waals surface area contributed by atoms with Gasteiger partial charge in [0.1, 0.15) is 5.82 Å². The van der Waals surface area contributed by atoms with Crippen LogP contribution in [0, 0.1) is 11.3 Å². The van der Waals surface area contributed by atoms with Crippen molar-refractivity contribution in [3.05, 3.63) is 106 Å². The van der Waals surface area contributed by atoms with Crippen LogP contribution in [0.25, 0.3) is 11.1 Å². The van der Waals surface area contributed by atoms with Crippen LogP contribution in [0.4, 0.5) is 0 Å². The first-order valence-corrected chi connectivity index (χ1v) is 15.2. The van der Waals surface area contributed by atoms with E-state index in [1.807, 2.05) is 13.8 Å². The molecule has 1 unspecified atom stereocenters. The van der Waals surface area contributed by atoms with Crippen LogP contribution >= 0.6 is 0 Å². The van der Waals surface area contributed by atoms with Gasteiger partial charge in [-0.2, -0.15) is 10.2 Å². The van der Waals surface area contributed by atoms with Gasteiger partial charge in [-0.15, -0.1) is 0 Å². The van der Waals surface area contributed by atoms with Crippen molar-refractivity contribution < 1.29 is 18.3 Å². The Balaban J connectivity index is 1.86. The molecule has 0 saturated heterocycles. The summed E-state index contributed by atoms with van der Waals surface area (Å²) in [5.74, 6) is -0.863. The molecule has 42 heavy (non-hydrogen) atoms. The first-order chi connectivity index (χ1) is 20.2. The number of carbonyl (C=O) groups excluding carboxylic acids is 1. The van der Waals surface area contributed by atoms with E-state index in [-0.39, 0.29) is 16.6 Å². The van der Waals surface area contributed by atoms with E-state index < -0.39 is 32.2 Å². The van der Waals surface area contributed by atoms with Crippen LogP contribution in [-0.2, 0) is 16.3 Å². The molecule has 4 aromatic rings. The number of aromatic hydroxyl groups is 1. The van der Waals surface area contributed by atoms with Gasteiger partial charge in [0.25, 0.3) is 11.5 Å². The number of unbranched alkanes of at least 4 members (excludes halogenated alkanes) is 1. The predicted octanol–water partition coefficient (Wildman–Crippen LogP) is 5.02. The number of nitriles is 1. The third-order valence-electron chi connectivity index (χ3n) is 7.13. The van der Waals surface area contributed by atoms with Crippen molar-refractivity contribution in [1.29, 1.82) is 5.26 Å². The average molecular weight is 585 g/mol. The molecular formula is C32H32N4O5S. The summed E-state index contributed by atoms with van der Waals surface area (Å²) in [5.41, 5.74) is 1.83. The molecule has 0 spiro atoms. The van der Waals surface area contributed by atoms with Gasteiger partial charge in [0.2, 0.25) is 15.7 Å². The Hall–Kier alpha value is -4.75. The summed E-state index contributed by atoms with van der Waals surface area (Å²) in [7, 11) is -2.98. The number of nitrogens with one attached hydrogen (secondary N) is 1. The van der Waals surface area contributed by atoms with Crippen molar-refractivity contribution in [2.45, 2.75) is 55.4 Å². The number of hydrogen-bond donors (Lipinski definition) is 2. The van der Waals surface area contributed by atoms with Gasteiger partial charge in [0, 0.05) is 19.0 Å². The fourth-order valence-electron chi connectivity index (χ4n) is 5.00. The molecule has 0 fully saturated rings. The first-order valence-electron chi connectivity index (χ1n) is 13.7. The highest BCUT2D eigenvalue weighted by Crippen LogP contribution is 2.31. The zero-order chi connectivity index (χ0) is 30.4. The minimum Gasteiger partial charge on any atom is -0.492 e. The average Bonchev–Trinajstić information content (AvgIpc) is 3.01. The molecule has 0 aliphatic carbocycles. The summed E-state index contributed by atoms with van der Waals surface area (Å²) >= 11 is 0. The summed E-state index contributed by atoms with van der Waals surface area (Å²) in [6, 6.07) is 21.0. The summed E-state index contributed by atoms with van der Waals surface area (Å²) in [5, 5.41) is 22.9. The fourth-order valence-corrected chi connectivity index (χ4v) is 6.34. The Bertz CT molecular complexity index is 1820. The highest BCUT2D eigenvalue weighted by molar-refractivity contribution is 7.91. The molecule has 4 rings (SSSR count). The molecule has 0 saturated carbocycles. The topological polar surface area (TPSA) is 142 Å². The number of amides is 1. The molecule has 1 aromatic heterocycles. The van der Waals surface area contributed by atoms with E-state index in [2.05, 4.69) is 16.4 Å². The van der Waals surface area contributed by atoms with Gasteiger partial charge in [-0.1, -0.05) is 62.7 Å². The summed E-state index contributed by atoms with van der Waals surface area (Å²) in [6.07, 6.45) is 2.24. The number of sulfone groups is 1. The molecule has 0 bridgehead atoms. The smallest absolute Gasteiger partial charge is 0.277 e. The van der Waals surface area contributed by atoms with Crippen LogP contribution in [0.5, 0.6) is 5.88 Å². The van der Waals surface area contributed by atoms with E-state index in [1.54, 1.807) is 60.7 Å². The quantitative estimate of drug-likeness (QED) is 0.266. The van der Waals surface area contributed by atoms with Gasteiger partial charge in [0.15, 0.2) is 4.90 Å². The van der Waals surface area contributed by atoms with Gasteiger partial charge in [-0.3, -0.25) is 14.2 Å². The third-order valence-corrected chi connectivity index (χ3v) is 8.91. The standard InChI is InChI=1S/C32H32N4O5S/c1-4-6-14-28-35-31(38)29(32(39)36(28)27(5-2)23-11-9-10-21(19-23)20-33)42(40,41)24-17-15-22(16-18-24)25-12-7-8-13-26(25)30(37)34-3/h7-13,15-19,27,38H,4-6,14H2,1-3H3,(H,34,37). The summed E-state index contributed by atoms with van der Waals surface area (Å²) in [6.45, 7) is 3.84. The van der Waals surface area contributed by atoms with Crippen molar-refractivity contribution >= 4 is 15.7 Å². The summed E-state index contributed by atoms with van der Waals surface area (Å²) < 4.78 is 29.0. The van der Waals surface area contributed by atoms with Crippen LogP contribution in [-0.4, -0.2) is 36.0 Å². The molecule has 0 aliphatic heterocycles. The van der Waals surface area contributed by atoms with Crippen molar-refractivity contribution in [2.75, 3.05) is 7.05 Å². The van der Waals surface area contributed by atoms with Gasteiger partial charge in [0.05, 0.1) is 22.6 Å². The number of hydrogen-bond acceptors (Lipinski definition) is 7. The highest BCUT2D eigenvalue weighted by atomic mass is 32.2. The van der Waals surface area contributed by atoms with Crippen molar-refractivity contribution in [3.8, 4) is 23.1 Å². The second-order valence-corrected chi connectivity index (χ2v) is 11.7. The molecule has 1 amide bonds. The first kappa shape index (κ1) is 30.2. The zero-order valence-electron chi connectivity index (χ0n) is 23.7. The molecule has 216 valence electrons. The van der Waals surface area contributed by atoms with Crippen LogP contribution < -0.4 is 10.9 Å². The molecule has 2 N–H and O–H groups in total. The van der Waals surface area contributed by atoms with E-state index in [0.29, 0.717) is 47.1 Å². The van der Waals surface area contributed by atoms with Gasteiger partial charge in [-0.05, 0) is 59.9 Å². The second-order valence-electron chi connectivity index (χ2n) is 9.77. The van der Waals surface area contributed by atoms with E-state index in [4.69, 9.17) is 0 Å². The number of nitrogens with zero attached hydrogens (tertiary/aromatic N) is 3.